The lowest BCUT2D eigenvalue weighted by Crippen LogP contribution is -2.12. The molecule has 2 rings (SSSR count). The molecular formula is C16H18O8S. The largest absolute Gasteiger partial charge is 0.493 e. The van der Waals surface area contributed by atoms with Crippen LogP contribution in [0.5, 0.6) is 23.0 Å². The van der Waals surface area contributed by atoms with Gasteiger partial charge in [0.2, 0.25) is 5.75 Å². The second-order valence-corrected chi connectivity index (χ2v) is 6.66. The molecule has 0 fully saturated rings. The molecule has 0 N–H and O–H groups in total. The first kappa shape index (κ1) is 18.7. The third-order valence-corrected chi connectivity index (χ3v) is 3.81. The summed E-state index contributed by atoms with van der Waals surface area (Å²) >= 11 is 0. The summed E-state index contributed by atoms with van der Waals surface area (Å²) in [6.07, 6.45) is 0.889. The first-order chi connectivity index (χ1) is 11.7. The van der Waals surface area contributed by atoms with Crippen molar-refractivity contribution < 1.29 is 31.2 Å². The second-order valence-electron chi connectivity index (χ2n) is 5.09. The highest BCUT2D eigenvalue weighted by Gasteiger charge is 2.19. The van der Waals surface area contributed by atoms with Gasteiger partial charge in [0, 0.05) is 11.6 Å². The maximum Gasteiger partial charge on any atom is 0.342 e. The van der Waals surface area contributed by atoms with Crippen molar-refractivity contribution >= 4 is 10.1 Å². The van der Waals surface area contributed by atoms with Crippen molar-refractivity contribution in [3.8, 4) is 34.3 Å². The molecule has 0 atom stereocenters. The van der Waals surface area contributed by atoms with E-state index in [-0.39, 0.29) is 17.1 Å². The third-order valence-electron chi connectivity index (χ3n) is 3.33. The van der Waals surface area contributed by atoms with Crippen LogP contribution in [-0.4, -0.2) is 36.0 Å². The molecule has 0 aliphatic carbocycles. The van der Waals surface area contributed by atoms with Crippen LogP contribution in [0, 0.1) is 6.92 Å². The van der Waals surface area contributed by atoms with E-state index in [2.05, 4.69) is 0 Å². The predicted octanol–water partition coefficient (Wildman–Crippen LogP) is 1.98. The van der Waals surface area contributed by atoms with Gasteiger partial charge in [-0.15, -0.1) is 0 Å². The van der Waals surface area contributed by atoms with E-state index in [4.69, 9.17) is 22.8 Å². The molecule has 0 amide bonds. The molecule has 0 unspecified atom stereocenters. The van der Waals surface area contributed by atoms with Crippen molar-refractivity contribution in [2.45, 2.75) is 6.92 Å². The number of methoxy groups -OCH3 is 3. The predicted molar refractivity (Wildman–Crippen MR) is 90.3 cm³/mol. The third kappa shape index (κ3) is 4.05. The van der Waals surface area contributed by atoms with Gasteiger partial charge >= 0.3 is 15.7 Å². The van der Waals surface area contributed by atoms with E-state index in [9.17, 15) is 13.2 Å². The molecule has 0 radical (unpaired) electrons. The topological polar surface area (TPSA) is 101 Å². The maximum atomic E-state index is 12.0. The maximum absolute atomic E-state index is 12.0. The van der Waals surface area contributed by atoms with Gasteiger partial charge in [-0.1, -0.05) is 0 Å². The van der Waals surface area contributed by atoms with Crippen molar-refractivity contribution in [2.75, 3.05) is 27.6 Å². The van der Waals surface area contributed by atoms with Crippen LogP contribution in [0.15, 0.2) is 27.4 Å². The Bertz CT molecular complexity index is 918. The molecule has 0 saturated carbocycles. The van der Waals surface area contributed by atoms with Gasteiger partial charge in [-0.2, -0.15) is 8.42 Å². The summed E-state index contributed by atoms with van der Waals surface area (Å²) in [4.78, 5) is 12.0. The van der Waals surface area contributed by atoms with Crippen LogP contribution in [0.3, 0.4) is 0 Å². The zero-order valence-corrected chi connectivity index (χ0v) is 15.2. The van der Waals surface area contributed by atoms with Crippen LogP contribution < -0.4 is 24.0 Å². The average Bonchev–Trinajstić information content (AvgIpc) is 2.56. The van der Waals surface area contributed by atoms with Crippen LogP contribution in [0.4, 0.5) is 0 Å². The van der Waals surface area contributed by atoms with Crippen LogP contribution >= 0.6 is 0 Å². The lowest BCUT2D eigenvalue weighted by molar-refractivity contribution is 0.324. The minimum absolute atomic E-state index is 0.0432. The van der Waals surface area contributed by atoms with Crippen molar-refractivity contribution in [1.29, 1.82) is 0 Å². The first-order valence-electron chi connectivity index (χ1n) is 7.04. The minimum Gasteiger partial charge on any atom is -0.493 e. The number of rotatable bonds is 6. The van der Waals surface area contributed by atoms with Crippen LogP contribution in [-0.2, 0) is 10.1 Å². The lowest BCUT2D eigenvalue weighted by Gasteiger charge is -2.14. The van der Waals surface area contributed by atoms with Gasteiger partial charge in [0.25, 0.3) is 0 Å². The van der Waals surface area contributed by atoms with Crippen LogP contribution in [0.2, 0.25) is 0 Å². The fourth-order valence-corrected chi connectivity index (χ4v) is 2.65. The summed E-state index contributed by atoms with van der Waals surface area (Å²) in [5, 5.41) is 0. The number of hydrogen-bond donors (Lipinski definition) is 0. The highest BCUT2D eigenvalue weighted by molar-refractivity contribution is 7.86. The zero-order chi connectivity index (χ0) is 18.8. The Balaban J connectivity index is 2.68. The van der Waals surface area contributed by atoms with Gasteiger partial charge in [-0.3, -0.25) is 0 Å². The smallest absolute Gasteiger partial charge is 0.342 e. The summed E-state index contributed by atoms with van der Waals surface area (Å²) < 4.78 is 48.6. The molecule has 0 aliphatic heterocycles. The first-order valence-corrected chi connectivity index (χ1v) is 8.86. The van der Waals surface area contributed by atoms with E-state index in [0.717, 1.165) is 6.26 Å². The molecule has 25 heavy (non-hydrogen) atoms. The Morgan fingerprint density at radius 3 is 1.92 bits per heavy atom. The molecule has 136 valence electrons. The summed E-state index contributed by atoms with van der Waals surface area (Å²) in [6.45, 7) is 1.41. The Morgan fingerprint density at radius 1 is 0.920 bits per heavy atom. The van der Waals surface area contributed by atoms with Crippen molar-refractivity contribution in [3.63, 3.8) is 0 Å². The van der Waals surface area contributed by atoms with E-state index < -0.39 is 15.7 Å². The molecule has 0 spiro atoms. The lowest BCUT2D eigenvalue weighted by atomic mass is 10.1. The van der Waals surface area contributed by atoms with Gasteiger partial charge < -0.3 is 22.8 Å². The molecule has 8 nitrogen and oxygen atoms in total. The molecule has 0 aliphatic rings. The Morgan fingerprint density at radius 2 is 1.48 bits per heavy atom. The Kier molecular flexibility index (Phi) is 5.27. The molecule has 9 heteroatoms. The number of ether oxygens (including phenoxy) is 3. The molecule has 1 heterocycles. The van der Waals surface area contributed by atoms with Gasteiger partial charge in [0.15, 0.2) is 17.2 Å². The quantitative estimate of drug-likeness (QED) is 0.712. The second kappa shape index (κ2) is 7.06. The standard InChI is InChI=1S/C16H18O8S/c1-9-11(24-25(5,18)19)8-12(23-16(9)17)10-6-13(20-2)15(22-4)14(7-10)21-3/h6-8H,1-5H3. The van der Waals surface area contributed by atoms with Crippen molar-refractivity contribution in [2.24, 2.45) is 0 Å². The molecule has 2 aromatic rings. The molecule has 0 bridgehead atoms. The monoisotopic (exact) mass is 370 g/mol. The normalized spacial score (nSPS) is 11.1. The SMILES string of the molecule is COc1cc(-c2cc(OS(C)(=O)=O)c(C)c(=O)o2)cc(OC)c1OC. The highest BCUT2D eigenvalue weighted by atomic mass is 32.2. The molecule has 0 saturated heterocycles. The molecule has 1 aromatic heterocycles. The fourth-order valence-electron chi connectivity index (χ4n) is 2.15. The number of benzene rings is 1. The fraction of sp³-hybridized carbons (Fsp3) is 0.312. The van der Waals surface area contributed by atoms with Gasteiger partial charge in [-0.25, -0.2) is 4.79 Å². The van der Waals surface area contributed by atoms with Gasteiger partial charge in [-0.05, 0) is 19.1 Å². The average molecular weight is 370 g/mol. The zero-order valence-electron chi connectivity index (χ0n) is 14.4. The Labute approximate surface area is 145 Å². The van der Waals surface area contributed by atoms with Crippen molar-refractivity contribution in [1.82, 2.24) is 0 Å². The van der Waals surface area contributed by atoms with E-state index >= 15 is 0 Å². The van der Waals surface area contributed by atoms with Gasteiger partial charge in [0.1, 0.15) is 5.76 Å². The molecular weight excluding hydrogens is 352 g/mol. The van der Waals surface area contributed by atoms with E-state index in [1.54, 1.807) is 12.1 Å². The minimum atomic E-state index is -3.80. The van der Waals surface area contributed by atoms with Crippen LogP contribution in [0.1, 0.15) is 5.56 Å². The van der Waals surface area contributed by atoms with Crippen LogP contribution in [0.25, 0.3) is 11.3 Å². The van der Waals surface area contributed by atoms with Gasteiger partial charge in [0.05, 0.1) is 33.1 Å². The Hall–Kier alpha value is -2.68. The summed E-state index contributed by atoms with van der Waals surface area (Å²) in [7, 11) is 0.559. The number of hydrogen-bond acceptors (Lipinski definition) is 8. The van der Waals surface area contributed by atoms with Crippen molar-refractivity contribution in [3.05, 3.63) is 34.2 Å². The van der Waals surface area contributed by atoms with E-state index in [1.165, 1.54) is 34.3 Å². The highest BCUT2D eigenvalue weighted by Crippen LogP contribution is 2.41. The summed E-state index contributed by atoms with van der Waals surface area (Å²) in [6, 6.07) is 4.46. The molecule has 1 aromatic carbocycles. The van der Waals surface area contributed by atoms with E-state index in [0.29, 0.717) is 22.8 Å². The van der Waals surface area contributed by atoms with E-state index in [1.807, 2.05) is 0 Å². The summed E-state index contributed by atoms with van der Waals surface area (Å²) in [5.41, 5.74) is -0.253. The summed E-state index contributed by atoms with van der Waals surface area (Å²) in [5.74, 6) is 1.06.